The van der Waals surface area contributed by atoms with Crippen LogP contribution in [0, 0.1) is 0 Å². The number of nitrogens with one attached hydrogen (secondary N) is 2. The maximum Gasteiger partial charge on any atom is 0.215 e. The van der Waals surface area contributed by atoms with Crippen molar-refractivity contribution in [3.63, 3.8) is 0 Å². The molecule has 1 unspecified atom stereocenters. The van der Waals surface area contributed by atoms with Crippen LogP contribution in [0.15, 0.2) is 0 Å². The van der Waals surface area contributed by atoms with Gasteiger partial charge in [-0.1, -0.05) is 19.3 Å². The van der Waals surface area contributed by atoms with Crippen LogP contribution in [0.4, 0.5) is 0 Å². The molecule has 19 heavy (non-hydrogen) atoms. The molecule has 2 fully saturated rings. The molecule has 1 heterocycles. The fraction of sp³-hybridized carbons (Fsp3) is 1.00. The van der Waals surface area contributed by atoms with E-state index in [4.69, 9.17) is 4.74 Å². The molecule has 2 rings (SSSR count). The van der Waals surface area contributed by atoms with Crippen molar-refractivity contribution in [2.75, 3.05) is 26.2 Å². The third-order valence-electron chi connectivity index (χ3n) is 4.00. The lowest BCUT2D eigenvalue weighted by Gasteiger charge is -2.24. The van der Waals surface area contributed by atoms with E-state index in [1.54, 1.807) is 0 Å². The molecule has 0 bridgehead atoms. The van der Waals surface area contributed by atoms with Gasteiger partial charge in [-0.25, -0.2) is 13.1 Å². The number of ether oxygens (including phenoxy) is 1. The van der Waals surface area contributed by atoms with Crippen molar-refractivity contribution in [3.8, 4) is 0 Å². The third-order valence-corrected chi connectivity index (χ3v) is 5.89. The van der Waals surface area contributed by atoms with Crippen LogP contribution in [0.2, 0.25) is 0 Å². The Morgan fingerprint density at radius 3 is 2.58 bits per heavy atom. The lowest BCUT2D eigenvalue weighted by atomic mass is 9.98. The van der Waals surface area contributed by atoms with Crippen LogP contribution < -0.4 is 10.0 Å². The lowest BCUT2D eigenvalue weighted by molar-refractivity contribution is 0.0320. The molecule has 1 aliphatic carbocycles. The predicted octanol–water partition coefficient (Wildman–Crippen LogP) is 1.01. The first-order valence-corrected chi connectivity index (χ1v) is 9.04. The van der Waals surface area contributed by atoms with Crippen molar-refractivity contribution >= 4 is 10.0 Å². The lowest BCUT2D eigenvalue weighted by Crippen LogP contribution is -2.45. The van der Waals surface area contributed by atoms with Gasteiger partial charge in [0.05, 0.1) is 18.0 Å². The minimum Gasteiger partial charge on any atom is -0.377 e. The molecule has 0 amide bonds. The summed E-state index contributed by atoms with van der Waals surface area (Å²) >= 11 is 0. The molecule has 2 aliphatic rings. The van der Waals surface area contributed by atoms with Gasteiger partial charge in [-0.15, -0.1) is 0 Å². The highest BCUT2D eigenvalue weighted by atomic mass is 32.2. The van der Waals surface area contributed by atoms with Crippen LogP contribution in [0.3, 0.4) is 0 Å². The Balaban J connectivity index is 1.63. The maximum atomic E-state index is 12.0. The van der Waals surface area contributed by atoms with E-state index >= 15 is 0 Å². The van der Waals surface area contributed by atoms with E-state index in [1.165, 1.54) is 19.3 Å². The zero-order chi connectivity index (χ0) is 13.6. The van der Waals surface area contributed by atoms with Gasteiger partial charge in [0.15, 0.2) is 0 Å². The zero-order valence-corrected chi connectivity index (χ0v) is 12.4. The van der Waals surface area contributed by atoms with Crippen molar-refractivity contribution in [1.82, 2.24) is 10.0 Å². The van der Waals surface area contributed by atoms with E-state index in [0.29, 0.717) is 25.8 Å². The van der Waals surface area contributed by atoms with Gasteiger partial charge in [-0.2, -0.15) is 0 Å². The second-order valence-electron chi connectivity index (χ2n) is 5.54. The normalized spacial score (nSPS) is 26.4. The van der Waals surface area contributed by atoms with E-state index in [9.17, 15) is 8.42 Å². The quantitative estimate of drug-likeness (QED) is 0.716. The minimum absolute atomic E-state index is 0.282. The number of rotatable bonds is 6. The molecule has 0 aromatic heterocycles. The van der Waals surface area contributed by atoms with Crippen LogP contribution in [-0.4, -0.2) is 46.0 Å². The summed E-state index contributed by atoms with van der Waals surface area (Å²) in [5.41, 5.74) is 0. The number of piperidine rings is 1. The topological polar surface area (TPSA) is 67.4 Å². The van der Waals surface area contributed by atoms with Gasteiger partial charge in [0, 0.05) is 13.1 Å². The summed E-state index contributed by atoms with van der Waals surface area (Å²) in [6.45, 7) is 2.38. The number of hydrogen-bond acceptors (Lipinski definition) is 4. The molecule has 1 aliphatic heterocycles. The molecule has 2 N–H and O–H groups in total. The largest absolute Gasteiger partial charge is 0.377 e. The van der Waals surface area contributed by atoms with E-state index in [0.717, 1.165) is 32.2 Å². The Kier molecular flexibility index (Phi) is 6.06. The Morgan fingerprint density at radius 1 is 1.11 bits per heavy atom. The van der Waals surface area contributed by atoms with Crippen molar-refractivity contribution in [1.29, 1.82) is 0 Å². The molecule has 1 saturated heterocycles. The summed E-state index contributed by atoms with van der Waals surface area (Å²) in [5.74, 6) is 0. The van der Waals surface area contributed by atoms with E-state index < -0.39 is 10.0 Å². The highest BCUT2D eigenvalue weighted by Crippen LogP contribution is 2.19. The molecule has 112 valence electrons. The molecule has 0 aromatic carbocycles. The van der Waals surface area contributed by atoms with Crippen LogP contribution in [-0.2, 0) is 14.8 Å². The van der Waals surface area contributed by atoms with Crippen LogP contribution in [0.5, 0.6) is 0 Å². The molecule has 6 heteroatoms. The first-order chi connectivity index (χ1) is 9.18. The summed E-state index contributed by atoms with van der Waals surface area (Å²) in [6, 6.07) is 0. The van der Waals surface area contributed by atoms with Crippen molar-refractivity contribution in [2.45, 2.75) is 56.3 Å². The predicted molar refractivity (Wildman–Crippen MR) is 75.6 cm³/mol. The Bertz CT molecular complexity index is 347. The minimum atomic E-state index is -3.18. The fourth-order valence-electron chi connectivity index (χ4n) is 2.84. The van der Waals surface area contributed by atoms with Gasteiger partial charge in [0.25, 0.3) is 0 Å². The molecule has 1 atom stereocenters. The smallest absolute Gasteiger partial charge is 0.215 e. The fourth-order valence-corrected chi connectivity index (χ4v) is 4.26. The molecule has 1 saturated carbocycles. The Morgan fingerprint density at radius 2 is 1.89 bits per heavy atom. The Hall–Kier alpha value is -0.170. The van der Waals surface area contributed by atoms with Crippen molar-refractivity contribution < 1.29 is 13.2 Å². The highest BCUT2D eigenvalue weighted by molar-refractivity contribution is 7.90. The molecular formula is C13H26N2O3S. The summed E-state index contributed by atoms with van der Waals surface area (Å²) in [7, 11) is -3.18. The van der Waals surface area contributed by atoms with Gasteiger partial charge in [0.2, 0.25) is 10.0 Å². The van der Waals surface area contributed by atoms with Crippen molar-refractivity contribution in [2.24, 2.45) is 0 Å². The van der Waals surface area contributed by atoms with Gasteiger partial charge >= 0.3 is 0 Å². The zero-order valence-electron chi connectivity index (χ0n) is 11.6. The van der Waals surface area contributed by atoms with Gasteiger partial charge in [-0.05, 0) is 32.2 Å². The van der Waals surface area contributed by atoms with Crippen LogP contribution >= 0.6 is 0 Å². The summed E-state index contributed by atoms with van der Waals surface area (Å²) < 4.78 is 32.5. The van der Waals surface area contributed by atoms with Gasteiger partial charge < -0.3 is 10.1 Å². The summed E-state index contributed by atoms with van der Waals surface area (Å²) in [4.78, 5) is 0. The molecular weight excluding hydrogens is 264 g/mol. The van der Waals surface area contributed by atoms with E-state index in [2.05, 4.69) is 10.0 Å². The average molecular weight is 290 g/mol. The molecule has 0 spiro atoms. The summed E-state index contributed by atoms with van der Waals surface area (Å²) in [5, 5.41) is 2.85. The SMILES string of the molecule is O=S(=O)(NCCOC1CCCCC1)C1CCCNC1. The second kappa shape index (κ2) is 7.57. The monoisotopic (exact) mass is 290 g/mol. The van der Waals surface area contributed by atoms with Crippen LogP contribution in [0.25, 0.3) is 0 Å². The summed E-state index contributed by atoms with van der Waals surface area (Å²) in [6.07, 6.45) is 8.07. The maximum absolute atomic E-state index is 12.0. The first-order valence-electron chi connectivity index (χ1n) is 7.49. The van der Waals surface area contributed by atoms with Crippen molar-refractivity contribution in [3.05, 3.63) is 0 Å². The van der Waals surface area contributed by atoms with E-state index in [1.807, 2.05) is 0 Å². The van der Waals surface area contributed by atoms with E-state index in [-0.39, 0.29) is 5.25 Å². The average Bonchev–Trinajstić information content (AvgIpc) is 2.46. The highest BCUT2D eigenvalue weighted by Gasteiger charge is 2.26. The standard InChI is InChI=1S/C13H26N2O3S/c16-19(17,13-7-4-8-14-11-13)15-9-10-18-12-5-2-1-3-6-12/h12-15H,1-11H2. The third kappa shape index (κ3) is 5.02. The second-order valence-corrected chi connectivity index (χ2v) is 7.58. The Labute approximate surface area is 116 Å². The number of hydrogen-bond donors (Lipinski definition) is 2. The van der Waals surface area contributed by atoms with Gasteiger partial charge in [-0.3, -0.25) is 0 Å². The molecule has 5 nitrogen and oxygen atoms in total. The number of sulfonamides is 1. The molecule has 0 radical (unpaired) electrons. The van der Waals surface area contributed by atoms with Crippen LogP contribution in [0.1, 0.15) is 44.9 Å². The van der Waals surface area contributed by atoms with Gasteiger partial charge in [0.1, 0.15) is 0 Å². The first kappa shape index (κ1) is 15.2. The molecule has 0 aromatic rings.